The molecule has 1 N–H and O–H groups in total. The van der Waals surface area contributed by atoms with Crippen molar-refractivity contribution in [3.63, 3.8) is 0 Å². The summed E-state index contributed by atoms with van der Waals surface area (Å²) in [4.78, 5) is 6.73. The monoisotopic (exact) mass is 436 g/mol. The summed E-state index contributed by atoms with van der Waals surface area (Å²) >= 11 is 3.44. The summed E-state index contributed by atoms with van der Waals surface area (Å²) < 4.78 is 15.0. The molecule has 0 bridgehead atoms. The van der Waals surface area contributed by atoms with Crippen LogP contribution in [-0.2, 0) is 0 Å². The SMILES string of the molecule is CN(C)c1ccc(C2=NNC(c3ccc(Br)cc3)=Nc3ccc(F)cc32)cc1. The van der Waals surface area contributed by atoms with Crippen molar-refractivity contribution in [2.24, 2.45) is 10.1 Å². The Kier molecular flexibility index (Phi) is 4.96. The first kappa shape index (κ1) is 18.4. The Labute approximate surface area is 171 Å². The van der Waals surface area contributed by atoms with E-state index in [2.05, 4.69) is 26.5 Å². The molecule has 0 aliphatic carbocycles. The van der Waals surface area contributed by atoms with Crippen molar-refractivity contribution in [3.8, 4) is 0 Å². The summed E-state index contributed by atoms with van der Waals surface area (Å²) in [7, 11) is 3.98. The summed E-state index contributed by atoms with van der Waals surface area (Å²) in [6, 6.07) is 20.3. The number of halogens is 2. The molecule has 0 atom stereocenters. The van der Waals surface area contributed by atoms with Crippen LogP contribution in [0.1, 0.15) is 16.7 Å². The Bertz CT molecular complexity index is 1070. The summed E-state index contributed by atoms with van der Waals surface area (Å²) in [6.07, 6.45) is 0. The predicted octanol–water partition coefficient (Wildman–Crippen LogP) is 5.09. The zero-order valence-electron chi connectivity index (χ0n) is 15.4. The van der Waals surface area contributed by atoms with Crippen LogP contribution in [-0.4, -0.2) is 25.6 Å². The second-order valence-electron chi connectivity index (χ2n) is 6.64. The predicted molar refractivity (Wildman–Crippen MR) is 116 cm³/mol. The van der Waals surface area contributed by atoms with Gasteiger partial charge in [0.2, 0.25) is 0 Å². The molecule has 0 aromatic heterocycles. The molecule has 140 valence electrons. The van der Waals surface area contributed by atoms with Gasteiger partial charge in [-0.2, -0.15) is 5.10 Å². The highest BCUT2D eigenvalue weighted by Crippen LogP contribution is 2.27. The van der Waals surface area contributed by atoms with Crippen molar-refractivity contribution in [2.45, 2.75) is 0 Å². The Hall–Kier alpha value is -2.99. The van der Waals surface area contributed by atoms with Crippen LogP contribution >= 0.6 is 15.9 Å². The van der Waals surface area contributed by atoms with Crippen LogP contribution in [0.3, 0.4) is 0 Å². The second-order valence-corrected chi connectivity index (χ2v) is 7.56. The maximum absolute atomic E-state index is 14.0. The van der Waals surface area contributed by atoms with Crippen molar-refractivity contribution >= 4 is 38.9 Å². The van der Waals surface area contributed by atoms with Gasteiger partial charge in [-0.05, 0) is 42.5 Å². The van der Waals surface area contributed by atoms with E-state index in [0.29, 0.717) is 22.8 Å². The number of hydrogen-bond acceptors (Lipinski definition) is 4. The number of benzene rings is 3. The largest absolute Gasteiger partial charge is 0.378 e. The minimum atomic E-state index is -0.321. The highest BCUT2D eigenvalue weighted by Gasteiger charge is 2.18. The number of rotatable bonds is 3. The minimum Gasteiger partial charge on any atom is -0.378 e. The third-order valence-corrected chi connectivity index (χ3v) is 5.02. The number of anilines is 1. The molecule has 28 heavy (non-hydrogen) atoms. The van der Waals surface area contributed by atoms with Crippen LogP contribution < -0.4 is 10.3 Å². The van der Waals surface area contributed by atoms with E-state index in [1.54, 1.807) is 6.07 Å². The molecule has 4 nitrogen and oxygen atoms in total. The molecule has 0 spiro atoms. The molecule has 4 rings (SSSR count). The van der Waals surface area contributed by atoms with Crippen LogP contribution in [0.2, 0.25) is 0 Å². The van der Waals surface area contributed by atoms with Crippen molar-refractivity contribution in [2.75, 3.05) is 19.0 Å². The number of hydrogen-bond donors (Lipinski definition) is 1. The fourth-order valence-electron chi connectivity index (χ4n) is 2.98. The van der Waals surface area contributed by atoms with Crippen molar-refractivity contribution in [3.05, 3.63) is 93.7 Å². The van der Waals surface area contributed by atoms with E-state index in [9.17, 15) is 4.39 Å². The number of amidine groups is 1. The molecule has 0 radical (unpaired) electrons. The third kappa shape index (κ3) is 3.68. The number of nitrogens with zero attached hydrogens (tertiary/aromatic N) is 3. The number of hydrazone groups is 1. The Morgan fingerprint density at radius 3 is 2.25 bits per heavy atom. The summed E-state index contributed by atoms with van der Waals surface area (Å²) in [5.74, 6) is 0.291. The molecular weight excluding hydrogens is 419 g/mol. The first-order chi connectivity index (χ1) is 13.5. The van der Waals surface area contributed by atoms with Gasteiger partial charge in [-0.15, -0.1) is 0 Å². The van der Waals surface area contributed by atoms with Crippen LogP contribution in [0.25, 0.3) is 0 Å². The molecule has 1 aliphatic heterocycles. The third-order valence-electron chi connectivity index (χ3n) is 4.49. The highest BCUT2D eigenvalue weighted by molar-refractivity contribution is 9.10. The van der Waals surface area contributed by atoms with Gasteiger partial charge in [0.1, 0.15) is 11.5 Å². The van der Waals surface area contributed by atoms with Crippen molar-refractivity contribution in [1.82, 2.24) is 5.43 Å². The molecule has 1 heterocycles. The smallest absolute Gasteiger partial charge is 0.154 e. The van der Waals surface area contributed by atoms with E-state index < -0.39 is 0 Å². The highest BCUT2D eigenvalue weighted by atomic mass is 79.9. The first-order valence-corrected chi connectivity index (χ1v) is 9.56. The van der Waals surface area contributed by atoms with Gasteiger partial charge in [0, 0.05) is 40.9 Å². The van der Waals surface area contributed by atoms with Crippen LogP contribution in [0.4, 0.5) is 15.8 Å². The van der Waals surface area contributed by atoms with Gasteiger partial charge in [0.25, 0.3) is 0 Å². The fourth-order valence-corrected chi connectivity index (χ4v) is 3.25. The van der Waals surface area contributed by atoms with Crippen molar-refractivity contribution < 1.29 is 4.39 Å². The maximum Gasteiger partial charge on any atom is 0.154 e. The van der Waals surface area contributed by atoms with Gasteiger partial charge in [-0.1, -0.05) is 40.2 Å². The normalized spacial score (nSPS) is 13.0. The molecule has 6 heteroatoms. The molecule has 3 aromatic carbocycles. The van der Waals surface area contributed by atoms with E-state index in [1.807, 2.05) is 67.5 Å². The summed E-state index contributed by atoms with van der Waals surface area (Å²) in [5.41, 5.74) is 7.89. The summed E-state index contributed by atoms with van der Waals surface area (Å²) in [6.45, 7) is 0. The van der Waals surface area contributed by atoms with Crippen LogP contribution in [0, 0.1) is 5.82 Å². The Balaban J connectivity index is 1.81. The van der Waals surface area contributed by atoms with Crippen LogP contribution in [0.15, 0.2) is 81.3 Å². The van der Waals surface area contributed by atoms with E-state index in [1.165, 1.54) is 12.1 Å². The lowest BCUT2D eigenvalue weighted by Crippen LogP contribution is -2.19. The van der Waals surface area contributed by atoms with Crippen LogP contribution in [0.5, 0.6) is 0 Å². The first-order valence-electron chi connectivity index (χ1n) is 8.77. The molecule has 0 fully saturated rings. The molecule has 0 amide bonds. The Morgan fingerprint density at radius 2 is 1.57 bits per heavy atom. The van der Waals surface area contributed by atoms with Crippen molar-refractivity contribution in [1.29, 1.82) is 0 Å². The number of fused-ring (bicyclic) bond motifs is 1. The topological polar surface area (TPSA) is 40.0 Å². The lowest BCUT2D eigenvalue weighted by molar-refractivity contribution is 0.627. The second kappa shape index (κ2) is 7.56. The zero-order chi connectivity index (χ0) is 19.7. The number of aliphatic imine (C=N–C) groups is 1. The zero-order valence-corrected chi connectivity index (χ0v) is 17.0. The fraction of sp³-hybridized carbons (Fsp3) is 0.0909. The quantitative estimate of drug-likeness (QED) is 0.620. The maximum atomic E-state index is 14.0. The molecule has 0 saturated carbocycles. The van der Waals surface area contributed by atoms with Gasteiger partial charge in [-0.25, -0.2) is 9.38 Å². The Morgan fingerprint density at radius 1 is 0.893 bits per heavy atom. The van der Waals surface area contributed by atoms with E-state index in [4.69, 9.17) is 4.99 Å². The van der Waals surface area contributed by atoms with Gasteiger partial charge in [0.15, 0.2) is 5.84 Å². The average molecular weight is 437 g/mol. The minimum absolute atomic E-state index is 0.321. The molecule has 1 aliphatic rings. The van der Waals surface area contributed by atoms with Gasteiger partial charge in [-0.3, -0.25) is 5.43 Å². The van der Waals surface area contributed by atoms with Gasteiger partial charge < -0.3 is 4.90 Å². The molecule has 0 saturated heterocycles. The van der Waals surface area contributed by atoms with E-state index in [-0.39, 0.29) is 5.82 Å². The lowest BCUT2D eigenvalue weighted by atomic mass is 10.0. The van der Waals surface area contributed by atoms with E-state index >= 15 is 0 Å². The average Bonchev–Trinajstić information content (AvgIpc) is 2.88. The molecule has 3 aromatic rings. The standard InChI is InChI=1S/C22H18BrFN4/c1-28(2)18-10-5-14(6-11-18)21-19-13-17(24)9-12-20(19)25-22(27-26-21)15-3-7-16(23)8-4-15/h3-13H,1-2H3,(H,25,27). The lowest BCUT2D eigenvalue weighted by Gasteiger charge is -2.13. The van der Waals surface area contributed by atoms with E-state index in [0.717, 1.165) is 21.3 Å². The van der Waals surface area contributed by atoms with Gasteiger partial charge >= 0.3 is 0 Å². The molecule has 0 unspecified atom stereocenters. The van der Waals surface area contributed by atoms with Gasteiger partial charge in [0.05, 0.1) is 5.69 Å². The number of nitrogens with one attached hydrogen (secondary N) is 1. The molecular formula is C22H18BrFN4. The summed E-state index contributed by atoms with van der Waals surface area (Å²) in [5, 5.41) is 4.57.